The molecule has 2 rings (SSSR count). The quantitative estimate of drug-likeness (QED) is 0.652. The van der Waals surface area contributed by atoms with Gasteiger partial charge in [0.1, 0.15) is 0 Å². The zero-order valence-electron chi connectivity index (χ0n) is 8.48. The van der Waals surface area contributed by atoms with Gasteiger partial charge in [-0.1, -0.05) is 18.2 Å². The van der Waals surface area contributed by atoms with E-state index in [1.807, 2.05) is 6.07 Å². The van der Waals surface area contributed by atoms with E-state index in [2.05, 4.69) is 4.74 Å². The fraction of sp³-hybridized carbons (Fsp3) is 0.182. The molecule has 78 valence electrons. The maximum atomic E-state index is 11.8. The molecule has 0 amide bonds. The summed E-state index contributed by atoms with van der Waals surface area (Å²) < 4.78 is 6.03. The highest BCUT2D eigenvalue weighted by atomic mass is 16.5. The van der Waals surface area contributed by atoms with Gasteiger partial charge in [0.2, 0.25) is 0 Å². The number of rotatable bonds is 1. The van der Waals surface area contributed by atoms with Gasteiger partial charge >= 0.3 is 5.97 Å². The molecule has 2 aromatic rings. The van der Waals surface area contributed by atoms with E-state index in [9.17, 15) is 9.90 Å². The second-order valence-electron chi connectivity index (χ2n) is 3.25. The molecule has 4 heteroatoms. The highest BCUT2D eigenvalue weighted by Crippen LogP contribution is 2.28. The van der Waals surface area contributed by atoms with E-state index in [1.165, 1.54) is 11.7 Å². The first kappa shape index (κ1) is 9.58. The molecule has 15 heavy (non-hydrogen) atoms. The highest BCUT2D eigenvalue weighted by Gasteiger charge is 2.15. The van der Waals surface area contributed by atoms with E-state index in [1.54, 1.807) is 25.2 Å². The van der Waals surface area contributed by atoms with Gasteiger partial charge in [-0.25, -0.2) is 4.79 Å². The Morgan fingerprint density at radius 1 is 1.40 bits per heavy atom. The molecule has 0 bridgehead atoms. The van der Waals surface area contributed by atoms with E-state index < -0.39 is 5.97 Å². The van der Waals surface area contributed by atoms with Crippen LogP contribution in [0.5, 0.6) is 5.88 Å². The maximum Gasteiger partial charge on any atom is 0.339 e. The molecule has 1 aromatic heterocycles. The zero-order valence-corrected chi connectivity index (χ0v) is 8.48. The third-order valence-electron chi connectivity index (χ3n) is 2.44. The average molecular weight is 204 g/mol. The third kappa shape index (κ3) is 1.26. The number of carbonyl (C=O) groups is 1. The standard InChI is InChI=1S/C11H11NO3/c1-12-8-6-4-3-5-7(8)9(10(12)13)11(14)15-2/h3-6,13H,1-2H3/p-1. The van der Waals surface area contributed by atoms with E-state index in [0.717, 1.165) is 5.52 Å². The van der Waals surface area contributed by atoms with Gasteiger partial charge in [-0.2, -0.15) is 0 Å². The maximum absolute atomic E-state index is 11.8. The summed E-state index contributed by atoms with van der Waals surface area (Å²) in [6.07, 6.45) is 0. The molecule has 0 fully saturated rings. The predicted octanol–water partition coefficient (Wildman–Crippen LogP) is 1.04. The smallest absolute Gasteiger partial charge is 0.339 e. The van der Waals surface area contributed by atoms with Crippen LogP contribution >= 0.6 is 0 Å². The van der Waals surface area contributed by atoms with Gasteiger partial charge in [-0.3, -0.25) is 0 Å². The lowest BCUT2D eigenvalue weighted by Crippen LogP contribution is -2.07. The van der Waals surface area contributed by atoms with Gasteiger partial charge in [-0.05, 0) is 11.9 Å². The van der Waals surface area contributed by atoms with E-state index in [4.69, 9.17) is 0 Å². The van der Waals surface area contributed by atoms with Gasteiger partial charge in [0.15, 0.2) is 0 Å². The van der Waals surface area contributed by atoms with E-state index >= 15 is 0 Å². The van der Waals surface area contributed by atoms with Crippen LogP contribution in [-0.2, 0) is 11.8 Å². The number of hydrogen-bond donors (Lipinski definition) is 0. The summed E-state index contributed by atoms with van der Waals surface area (Å²) >= 11 is 0. The molecular weight excluding hydrogens is 194 g/mol. The lowest BCUT2D eigenvalue weighted by molar-refractivity contribution is -0.278. The van der Waals surface area contributed by atoms with Crippen molar-refractivity contribution in [2.75, 3.05) is 7.11 Å². The minimum Gasteiger partial charge on any atom is -0.859 e. The van der Waals surface area contributed by atoms with Crippen LogP contribution in [0.25, 0.3) is 10.9 Å². The summed E-state index contributed by atoms with van der Waals surface area (Å²) in [6.45, 7) is 0. The molecule has 0 saturated heterocycles. The number of nitrogens with zero attached hydrogens (tertiary/aromatic N) is 1. The zero-order chi connectivity index (χ0) is 11.0. The molecule has 4 nitrogen and oxygen atoms in total. The fourth-order valence-corrected chi connectivity index (χ4v) is 1.67. The summed E-state index contributed by atoms with van der Waals surface area (Å²) in [5.74, 6) is -0.903. The number of fused-ring (bicyclic) bond motifs is 1. The SMILES string of the molecule is COC(=O)c1c([O-])n(C)c2ccccc12. The van der Waals surface area contributed by atoms with Crippen molar-refractivity contribution in [2.45, 2.75) is 0 Å². The predicted molar refractivity (Wildman–Crippen MR) is 53.7 cm³/mol. The second kappa shape index (κ2) is 3.31. The number of para-hydroxylation sites is 1. The van der Waals surface area contributed by atoms with Crippen molar-refractivity contribution >= 4 is 16.9 Å². The summed E-state index contributed by atoms with van der Waals surface area (Å²) in [5.41, 5.74) is 0.846. The Morgan fingerprint density at radius 3 is 2.73 bits per heavy atom. The normalized spacial score (nSPS) is 10.5. The number of esters is 1. The van der Waals surface area contributed by atoms with Crippen molar-refractivity contribution in [1.29, 1.82) is 0 Å². The molecule has 1 heterocycles. The number of carbonyl (C=O) groups excluding carboxylic acids is 1. The van der Waals surface area contributed by atoms with Gasteiger partial charge in [0.25, 0.3) is 0 Å². The largest absolute Gasteiger partial charge is 0.859 e. The van der Waals surface area contributed by atoms with E-state index in [-0.39, 0.29) is 11.4 Å². The molecule has 0 aliphatic carbocycles. The Kier molecular flexibility index (Phi) is 2.11. The third-order valence-corrected chi connectivity index (χ3v) is 2.44. The second-order valence-corrected chi connectivity index (χ2v) is 3.25. The number of methoxy groups -OCH3 is 1. The molecule has 0 atom stereocenters. The molecule has 0 aliphatic rings. The average Bonchev–Trinajstić information content (AvgIpc) is 2.52. The minimum absolute atomic E-state index is 0.107. The van der Waals surface area contributed by atoms with Crippen molar-refractivity contribution in [3.8, 4) is 5.88 Å². The lowest BCUT2D eigenvalue weighted by Gasteiger charge is -2.09. The number of aromatic nitrogens is 1. The van der Waals surface area contributed by atoms with Crippen molar-refractivity contribution in [3.05, 3.63) is 29.8 Å². The van der Waals surface area contributed by atoms with Crippen LogP contribution in [-0.4, -0.2) is 17.6 Å². The Hall–Kier alpha value is -1.97. The van der Waals surface area contributed by atoms with Crippen LogP contribution < -0.4 is 5.11 Å². The van der Waals surface area contributed by atoms with Crippen LogP contribution in [0.4, 0.5) is 0 Å². The van der Waals surface area contributed by atoms with Crippen LogP contribution in [0, 0.1) is 0 Å². The lowest BCUT2D eigenvalue weighted by atomic mass is 10.2. The molecule has 1 aromatic carbocycles. The number of ether oxygens (including phenoxy) is 1. The minimum atomic E-state index is -0.586. The van der Waals surface area contributed by atoms with Gasteiger partial charge < -0.3 is 14.4 Å². The fourth-order valence-electron chi connectivity index (χ4n) is 1.67. The first-order chi connectivity index (χ1) is 7.16. The summed E-state index contributed by atoms with van der Waals surface area (Å²) in [6, 6.07) is 7.14. The van der Waals surface area contributed by atoms with Crippen LogP contribution in [0.2, 0.25) is 0 Å². The molecule has 0 unspecified atom stereocenters. The first-order valence-electron chi connectivity index (χ1n) is 4.49. The Bertz CT molecular complexity index is 528. The van der Waals surface area contributed by atoms with Crippen molar-refractivity contribution < 1.29 is 14.6 Å². The number of hydrogen-bond acceptors (Lipinski definition) is 3. The summed E-state index contributed by atoms with van der Waals surface area (Å²) in [7, 11) is 2.90. The van der Waals surface area contributed by atoms with E-state index in [0.29, 0.717) is 5.39 Å². The van der Waals surface area contributed by atoms with Crippen LogP contribution in [0.3, 0.4) is 0 Å². The molecule has 0 aliphatic heterocycles. The summed E-state index contributed by atoms with van der Waals surface area (Å²) in [4.78, 5) is 11.4. The number of benzene rings is 1. The molecular formula is C11H10NO3-. The van der Waals surface area contributed by atoms with Crippen molar-refractivity contribution in [1.82, 2.24) is 4.57 Å². The van der Waals surface area contributed by atoms with Crippen LogP contribution in [0.15, 0.2) is 24.3 Å². The molecule has 0 spiro atoms. The van der Waals surface area contributed by atoms with Gasteiger partial charge in [0, 0.05) is 18.0 Å². The monoisotopic (exact) mass is 204 g/mol. The first-order valence-corrected chi connectivity index (χ1v) is 4.49. The Balaban J connectivity index is 2.83. The number of aryl methyl sites for hydroxylation is 1. The van der Waals surface area contributed by atoms with Crippen molar-refractivity contribution in [2.24, 2.45) is 7.05 Å². The molecule has 0 radical (unpaired) electrons. The molecule has 0 saturated carbocycles. The Labute approximate surface area is 86.7 Å². The Morgan fingerprint density at radius 2 is 2.07 bits per heavy atom. The highest BCUT2D eigenvalue weighted by molar-refractivity contribution is 6.06. The van der Waals surface area contributed by atoms with Gasteiger partial charge in [0.05, 0.1) is 12.7 Å². The van der Waals surface area contributed by atoms with Crippen molar-refractivity contribution in [3.63, 3.8) is 0 Å². The molecule has 0 N–H and O–H groups in total. The summed E-state index contributed by atoms with van der Waals surface area (Å²) in [5, 5.41) is 12.4. The van der Waals surface area contributed by atoms with Gasteiger partial charge in [-0.15, -0.1) is 0 Å². The topological polar surface area (TPSA) is 54.3 Å². The van der Waals surface area contributed by atoms with Crippen LogP contribution in [0.1, 0.15) is 10.4 Å².